The molecule has 20 heavy (non-hydrogen) atoms. The van der Waals surface area contributed by atoms with Gasteiger partial charge in [0.2, 0.25) is 0 Å². The Bertz CT molecular complexity index is 632. The molecule has 1 aromatic carbocycles. The van der Waals surface area contributed by atoms with E-state index in [0.717, 1.165) is 48.4 Å². The Morgan fingerprint density at radius 2 is 1.90 bits per heavy atom. The summed E-state index contributed by atoms with van der Waals surface area (Å²) in [5.41, 5.74) is 2.08. The van der Waals surface area contributed by atoms with E-state index in [2.05, 4.69) is 83.6 Å². The zero-order valence-electron chi connectivity index (χ0n) is 11.2. The van der Waals surface area contributed by atoms with E-state index in [0.29, 0.717) is 0 Å². The lowest BCUT2D eigenvalue weighted by Crippen LogP contribution is -2.07. The average Bonchev–Trinajstić information content (AvgIpc) is 2.44. The van der Waals surface area contributed by atoms with E-state index < -0.39 is 0 Å². The highest BCUT2D eigenvalue weighted by molar-refractivity contribution is 14.1. The van der Waals surface area contributed by atoms with Crippen LogP contribution in [0.25, 0.3) is 11.4 Å². The molecular weight excluding hydrogens is 497 g/mol. The third kappa shape index (κ3) is 3.51. The molecule has 3 nitrogen and oxygen atoms in total. The predicted molar refractivity (Wildman–Crippen MR) is 99.1 cm³/mol. The quantitative estimate of drug-likeness (QED) is 0.570. The molecule has 6 heteroatoms. The normalized spacial score (nSPS) is 10.7. The van der Waals surface area contributed by atoms with Crippen LogP contribution in [0.1, 0.15) is 19.5 Å². The number of rotatable bonds is 4. The molecule has 0 fully saturated rings. The summed E-state index contributed by atoms with van der Waals surface area (Å²) in [7, 11) is 0. The Labute approximate surface area is 149 Å². The summed E-state index contributed by atoms with van der Waals surface area (Å²) in [6.45, 7) is 5.03. The van der Waals surface area contributed by atoms with Crippen LogP contribution in [0.2, 0.25) is 0 Å². The van der Waals surface area contributed by atoms with Gasteiger partial charge in [0.1, 0.15) is 5.82 Å². The van der Waals surface area contributed by atoms with Gasteiger partial charge in [-0.3, -0.25) is 0 Å². The monoisotopic (exact) mass is 509 g/mol. The minimum atomic E-state index is 0.756. The summed E-state index contributed by atoms with van der Waals surface area (Å²) in [5, 5.41) is 3.31. The number of hydrogen-bond acceptors (Lipinski definition) is 3. The average molecular weight is 511 g/mol. The van der Waals surface area contributed by atoms with Gasteiger partial charge in [-0.25, -0.2) is 9.97 Å². The van der Waals surface area contributed by atoms with Gasteiger partial charge < -0.3 is 5.32 Å². The van der Waals surface area contributed by atoms with Crippen molar-refractivity contribution in [3.05, 3.63) is 36.4 Å². The highest BCUT2D eigenvalue weighted by Gasteiger charge is 2.12. The second-order valence-corrected chi connectivity index (χ2v) is 6.96. The Hall–Kier alpha value is -0.210. The molecule has 0 aliphatic rings. The molecule has 2 rings (SSSR count). The lowest BCUT2D eigenvalue weighted by molar-refractivity contribution is 0.982. The van der Waals surface area contributed by atoms with Gasteiger partial charge in [0, 0.05) is 21.1 Å². The van der Waals surface area contributed by atoms with E-state index in [1.165, 1.54) is 0 Å². The van der Waals surface area contributed by atoms with Crippen LogP contribution in [-0.2, 0) is 6.42 Å². The SMILES string of the molecule is CCNc1nc(-c2ccc(Br)c(Br)c2)nc(CC)c1I. The molecule has 0 radical (unpaired) electrons. The van der Waals surface area contributed by atoms with Crippen molar-refractivity contribution in [2.75, 3.05) is 11.9 Å². The number of benzene rings is 1. The molecule has 0 bridgehead atoms. The summed E-state index contributed by atoms with van der Waals surface area (Å²) < 4.78 is 3.13. The molecule has 0 unspecified atom stereocenters. The number of aryl methyl sites for hydroxylation is 1. The molecule has 0 aliphatic carbocycles. The van der Waals surface area contributed by atoms with Crippen LogP contribution in [0.15, 0.2) is 27.1 Å². The molecule has 0 amide bonds. The molecule has 0 saturated carbocycles. The van der Waals surface area contributed by atoms with Gasteiger partial charge in [-0.1, -0.05) is 6.92 Å². The molecule has 106 valence electrons. The molecule has 0 spiro atoms. The standard InChI is InChI=1S/C14H14Br2IN3/c1-3-11-12(17)14(18-4-2)20-13(19-11)8-5-6-9(15)10(16)7-8/h5-7H,3-4H2,1-2H3,(H,18,19,20). The van der Waals surface area contributed by atoms with E-state index in [1.807, 2.05) is 18.2 Å². The van der Waals surface area contributed by atoms with Crippen molar-refractivity contribution in [3.63, 3.8) is 0 Å². The van der Waals surface area contributed by atoms with Crippen molar-refractivity contribution < 1.29 is 0 Å². The first kappa shape index (κ1) is 16.2. The number of nitrogens with zero attached hydrogens (tertiary/aromatic N) is 2. The predicted octanol–water partition coefficient (Wildman–Crippen LogP) is 5.27. The lowest BCUT2D eigenvalue weighted by Gasteiger charge is -2.11. The van der Waals surface area contributed by atoms with E-state index in [4.69, 9.17) is 0 Å². The Kier molecular flexibility index (Phi) is 5.80. The van der Waals surface area contributed by atoms with Crippen LogP contribution in [0.5, 0.6) is 0 Å². The maximum atomic E-state index is 4.68. The summed E-state index contributed by atoms with van der Waals surface area (Å²) >= 11 is 9.31. The zero-order valence-corrected chi connectivity index (χ0v) is 16.5. The topological polar surface area (TPSA) is 37.8 Å². The van der Waals surface area contributed by atoms with Gasteiger partial charge in [0.15, 0.2) is 5.82 Å². The fourth-order valence-electron chi connectivity index (χ4n) is 1.78. The minimum Gasteiger partial charge on any atom is -0.369 e. The Balaban J connectivity index is 2.55. The van der Waals surface area contributed by atoms with E-state index >= 15 is 0 Å². The first-order chi connectivity index (χ1) is 9.56. The summed E-state index contributed by atoms with van der Waals surface area (Å²) in [4.78, 5) is 9.33. The number of halogens is 3. The molecule has 1 aromatic heterocycles. The fraction of sp³-hybridized carbons (Fsp3) is 0.286. The first-order valence-corrected chi connectivity index (χ1v) is 8.99. The van der Waals surface area contributed by atoms with Crippen molar-refractivity contribution in [2.24, 2.45) is 0 Å². The number of aromatic nitrogens is 2. The van der Waals surface area contributed by atoms with Gasteiger partial charge in [0.25, 0.3) is 0 Å². The largest absolute Gasteiger partial charge is 0.369 e. The molecule has 2 aromatic rings. The van der Waals surface area contributed by atoms with Crippen molar-refractivity contribution in [1.82, 2.24) is 9.97 Å². The summed E-state index contributed by atoms with van der Waals surface area (Å²) in [5.74, 6) is 1.67. The van der Waals surface area contributed by atoms with Gasteiger partial charge in [-0.2, -0.15) is 0 Å². The van der Waals surface area contributed by atoms with Crippen LogP contribution < -0.4 is 5.32 Å². The summed E-state index contributed by atoms with van der Waals surface area (Å²) in [6.07, 6.45) is 0.893. The Morgan fingerprint density at radius 3 is 2.50 bits per heavy atom. The second-order valence-electron chi connectivity index (χ2n) is 4.17. The van der Waals surface area contributed by atoms with E-state index in [1.54, 1.807) is 0 Å². The van der Waals surface area contributed by atoms with Crippen molar-refractivity contribution in [2.45, 2.75) is 20.3 Å². The number of hydrogen-bond donors (Lipinski definition) is 1. The Morgan fingerprint density at radius 1 is 1.15 bits per heavy atom. The van der Waals surface area contributed by atoms with E-state index in [9.17, 15) is 0 Å². The van der Waals surface area contributed by atoms with E-state index in [-0.39, 0.29) is 0 Å². The minimum absolute atomic E-state index is 0.756. The molecule has 1 heterocycles. The van der Waals surface area contributed by atoms with Gasteiger partial charge >= 0.3 is 0 Å². The highest BCUT2D eigenvalue weighted by Crippen LogP contribution is 2.29. The van der Waals surface area contributed by atoms with Crippen LogP contribution in [0, 0.1) is 3.57 Å². The van der Waals surface area contributed by atoms with Crippen LogP contribution in [0.3, 0.4) is 0 Å². The number of nitrogens with one attached hydrogen (secondary N) is 1. The maximum Gasteiger partial charge on any atom is 0.161 e. The zero-order chi connectivity index (χ0) is 14.7. The van der Waals surface area contributed by atoms with Crippen LogP contribution in [-0.4, -0.2) is 16.5 Å². The first-order valence-electron chi connectivity index (χ1n) is 6.32. The van der Waals surface area contributed by atoms with Gasteiger partial charge in [-0.05, 0) is 86.0 Å². The third-order valence-electron chi connectivity index (χ3n) is 2.78. The maximum absolute atomic E-state index is 4.68. The molecule has 0 saturated heterocycles. The smallest absolute Gasteiger partial charge is 0.161 e. The molecule has 1 N–H and O–H groups in total. The fourth-order valence-corrected chi connectivity index (χ4v) is 3.22. The van der Waals surface area contributed by atoms with Crippen molar-refractivity contribution in [3.8, 4) is 11.4 Å². The van der Waals surface area contributed by atoms with Gasteiger partial charge in [-0.15, -0.1) is 0 Å². The highest BCUT2D eigenvalue weighted by atomic mass is 127. The summed E-state index contributed by atoms with van der Waals surface area (Å²) in [6, 6.07) is 6.05. The van der Waals surface area contributed by atoms with Crippen molar-refractivity contribution >= 4 is 60.3 Å². The van der Waals surface area contributed by atoms with Gasteiger partial charge in [0.05, 0.1) is 9.26 Å². The van der Waals surface area contributed by atoms with Crippen molar-refractivity contribution in [1.29, 1.82) is 0 Å². The molecule has 0 aliphatic heterocycles. The lowest BCUT2D eigenvalue weighted by atomic mass is 10.2. The third-order valence-corrected chi connectivity index (χ3v) is 5.79. The molecular formula is C14H14Br2IN3. The van der Waals surface area contributed by atoms with Crippen LogP contribution in [0.4, 0.5) is 5.82 Å². The van der Waals surface area contributed by atoms with Crippen LogP contribution >= 0.6 is 54.5 Å². The number of anilines is 1. The molecule has 0 atom stereocenters. The second kappa shape index (κ2) is 7.17.